The van der Waals surface area contributed by atoms with Crippen molar-refractivity contribution in [2.24, 2.45) is 0 Å². The second kappa shape index (κ2) is 7.75. The molecule has 2 nitrogen and oxygen atoms in total. The first-order valence-electron chi connectivity index (χ1n) is 10.6. The van der Waals surface area contributed by atoms with Crippen molar-refractivity contribution in [2.75, 3.05) is 5.75 Å². The minimum atomic E-state index is -3.16. The largest absolute Gasteiger partial charge is 0.224 e. The van der Waals surface area contributed by atoms with Gasteiger partial charge in [0.2, 0.25) is 0 Å². The van der Waals surface area contributed by atoms with E-state index in [1.165, 1.54) is 35.1 Å². The average Bonchev–Trinajstić information content (AvgIpc) is 2.66. The third-order valence-electron chi connectivity index (χ3n) is 6.40. The molecule has 0 amide bonds. The Morgan fingerprint density at radius 3 is 2.10 bits per heavy atom. The van der Waals surface area contributed by atoms with Crippen molar-refractivity contribution in [3.05, 3.63) is 64.7 Å². The summed E-state index contributed by atoms with van der Waals surface area (Å²) in [6, 6.07) is 14.2. The maximum atomic E-state index is 12.2. The van der Waals surface area contributed by atoms with Gasteiger partial charge in [-0.2, -0.15) is 0 Å². The lowest BCUT2D eigenvalue weighted by molar-refractivity contribution is 0.332. The molecule has 3 heteroatoms. The molecule has 0 aromatic heterocycles. The first kappa shape index (κ1) is 21.8. The molecule has 0 unspecified atom stereocenters. The summed E-state index contributed by atoms with van der Waals surface area (Å²) in [6.07, 6.45) is 5.19. The van der Waals surface area contributed by atoms with E-state index in [9.17, 15) is 8.42 Å². The van der Waals surface area contributed by atoms with Crippen LogP contribution in [0.3, 0.4) is 0 Å². The molecule has 156 valence electrons. The molecule has 0 N–H and O–H groups in total. The van der Waals surface area contributed by atoms with Gasteiger partial charge in [-0.1, -0.05) is 71.0 Å². The van der Waals surface area contributed by atoms with E-state index < -0.39 is 9.84 Å². The summed E-state index contributed by atoms with van der Waals surface area (Å²) in [5, 5.41) is 0. The smallest absolute Gasteiger partial charge is 0.178 e. The van der Waals surface area contributed by atoms with E-state index in [0.717, 1.165) is 5.56 Å². The van der Waals surface area contributed by atoms with Gasteiger partial charge in [-0.05, 0) is 77.0 Å². The van der Waals surface area contributed by atoms with Gasteiger partial charge in [0.15, 0.2) is 9.84 Å². The number of allylic oxidation sites excluding steroid dienone is 1. The van der Waals surface area contributed by atoms with Crippen LogP contribution in [0.25, 0.3) is 11.6 Å². The average molecular weight is 411 g/mol. The van der Waals surface area contributed by atoms with E-state index in [4.69, 9.17) is 0 Å². The maximum Gasteiger partial charge on any atom is 0.178 e. The van der Waals surface area contributed by atoms with Gasteiger partial charge in [0.25, 0.3) is 0 Å². The molecule has 0 atom stereocenters. The molecule has 0 saturated heterocycles. The minimum absolute atomic E-state index is 0.191. The van der Waals surface area contributed by atoms with Gasteiger partial charge in [-0.15, -0.1) is 0 Å². The molecule has 3 rings (SSSR count). The zero-order valence-corrected chi connectivity index (χ0v) is 19.5. The lowest BCUT2D eigenvalue weighted by atomic mass is 9.63. The van der Waals surface area contributed by atoms with Gasteiger partial charge in [0.1, 0.15) is 0 Å². The van der Waals surface area contributed by atoms with Gasteiger partial charge in [0.05, 0.1) is 10.6 Å². The number of benzene rings is 2. The highest BCUT2D eigenvalue weighted by Gasteiger charge is 2.36. The zero-order chi connectivity index (χ0) is 21.4. The topological polar surface area (TPSA) is 34.1 Å². The molecule has 0 aliphatic heterocycles. The second-order valence-electron chi connectivity index (χ2n) is 9.74. The lowest BCUT2D eigenvalue weighted by Crippen LogP contribution is -2.33. The van der Waals surface area contributed by atoms with Crippen molar-refractivity contribution in [1.29, 1.82) is 0 Å². The van der Waals surface area contributed by atoms with Crippen LogP contribution in [-0.4, -0.2) is 14.2 Å². The van der Waals surface area contributed by atoms with Gasteiger partial charge in [-0.25, -0.2) is 8.42 Å². The van der Waals surface area contributed by atoms with Crippen LogP contribution in [0.4, 0.5) is 0 Å². The molecule has 29 heavy (non-hydrogen) atoms. The van der Waals surface area contributed by atoms with Gasteiger partial charge in [-0.3, -0.25) is 0 Å². The summed E-state index contributed by atoms with van der Waals surface area (Å²) in [5.74, 6) is 0.197. The third kappa shape index (κ3) is 4.50. The monoisotopic (exact) mass is 410 g/mol. The van der Waals surface area contributed by atoms with E-state index in [-0.39, 0.29) is 16.6 Å². The van der Waals surface area contributed by atoms with Crippen LogP contribution in [0.5, 0.6) is 0 Å². The number of hydrogen-bond donors (Lipinski definition) is 0. The van der Waals surface area contributed by atoms with Crippen LogP contribution in [0.1, 0.15) is 83.1 Å². The van der Waals surface area contributed by atoms with Crippen LogP contribution in [-0.2, 0) is 20.7 Å². The van der Waals surface area contributed by atoms with Crippen LogP contribution < -0.4 is 0 Å². The number of rotatable bonds is 5. The first-order chi connectivity index (χ1) is 13.5. The Labute approximate surface area is 177 Å². The van der Waals surface area contributed by atoms with E-state index in [2.05, 4.69) is 58.9 Å². The van der Waals surface area contributed by atoms with Crippen LogP contribution in [0, 0.1) is 0 Å². The molecule has 2 aromatic carbocycles. The fourth-order valence-electron chi connectivity index (χ4n) is 4.33. The predicted octanol–water partition coefficient (Wildman–Crippen LogP) is 6.78. The van der Waals surface area contributed by atoms with Crippen LogP contribution in [0.15, 0.2) is 47.4 Å². The minimum Gasteiger partial charge on any atom is -0.224 e. The molecule has 0 spiro atoms. The van der Waals surface area contributed by atoms with Crippen LogP contribution in [0.2, 0.25) is 0 Å². The molecule has 0 saturated carbocycles. The molecule has 0 fully saturated rings. The van der Waals surface area contributed by atoms with Crippen molar-refractivity contribution in [3.63, 3.8) is 0 Å². The van der Waals surface area contributed by atoms with E-state index in [0.29, 0.717) is 11.3 Å². The van der Waals surface area contributed by atoms with E-state index >= 15 is 0 Å². The quantitative estimate of drug-likeness (QED) is 0.509. The van der Waals surface area contributed by atoms with Crippen LogP contribution >= 0.6 is 0 Å². The molecule has 0 bridgehead atoms. The summed E-state index contributed by atoms with van der Waals surface area (Å²) in [7, 11) is -3.16. The van der Waals surface area contributed by atoms with E-state index in [1.54, 1.807) is 12.1 Å². The SMILES string of the molecule is CCCS(=O)(=O)c1ccc(/C=C(\C)c2ccc3c(c2)C(C)(C)CCC3(C)C)cc1. The Balaban J connectivity index is 1.93. The fraction of sp³-hybridized carbons (Fsp3) is 0.462. The number of sulfone groups is 1. The molecule has 1 aliphatic rings. The fourth-order valence-corrected chi connectivity index (χ4v) is 5.65. The Morgan fingerprint density at radius 2 is 1.52 bits per heavy atom. The number of hydrogen-bond acceptors (Lipinski definition) is 2. The van der Waals surface area contributed by atoms with Crippen molar-refractivity contribution < 1.29 is 8.42 Å². The Bertz CT molecular complexity index is 1020. The summed E-state index contributed by atoms with van der Waals surface area (Å²) in [6.45, 7) is 13.4. The summed E-state index contributed by atoms with van der Waals surface area (Å²) in [4.78, 5) is 0.409. The van der Waals surface area contributed by atoms with Gasteiger partial charge >= 0.3 is 0 Å². The molecule has 0 heterocycles. The molecule has 1 aliphatic carbocycles. The molecule has 0 radical (unpaired) electrons. The Morgan fingerprint density at radius 1 is 0.931 bits per heavy atom. The van der Waals surface area contributed by atoms with E-state index in [1.807, 2.05) is 19.1 Å². The van der Waals surface area contributed by atoms with Gasteiger partial charge < -0.3 is 0 Å². The zero-order valence-electron chi connectivity index (χ0n) is 18.7. The molecule has 2 aromatic rings. The number of fused-ring (bicyclic) bond motifs is 1. The van der Waals surface area contributed by atoms with Crippen molar-refractivity contribution in [2.45, 2.75) is 76.5 Å². The second-order valence-corrected chi connectivity index (χ2v) is 11.9. The highest BCUT2D eigenvalue weighted by molar-refractivity contribution is 7.91. The maximum absolute atomic E-state index is 12.2. The molecular weight excluding hydrogens is 376 g/mol. The first-order valence-corrected chi connectivity index (χ1v) is 12.3. The molecular formula is C26H34O2S. The third-order valence-corrected chi connectivity index (χ3v) is 8.34. The summed E-state index contributed by atoms with van der Waals surface area (Å²) in [5.41, 5.74) is 6.79. The highest BCUT2D eigenvalue weighted by atomic mass is 32.2. The van der Waals surface area contributed by atoms with Crippen molar-refractivity contribution in [3.8, 4) is 0 Å². The standard InChI is InChI=1S/C26H34O2S/c1-7-16-29(27,28)22-11-8-20(9-12-22)17-19(2)21-10-13-23-24(18-21)26(5,6)15-14-25(23,3)4/h8-13,17-18H,7,14-16H2,1-6H3/b19-17+. The van der Waals surface area contributed by atoms with Crippen molar-refractivity contribution in [1.82, 2.24) is 0 Å². The Hall–Kier alpha value is -1.87. The van der Waals surface area contributed by atoms with Crippen molar-refractivity contribution >= 4 is 21.5 Å². The predicted molar refractivity (Wildman–Crippen MR) is 124 cm³/mol. The summed E-state index contributed by atoms with van der Waals surface area (Å²) < 4.78 is 24.4. The lowest BCUT2D eigenvalue weighted by Gasteiger charge is -2.42. The highest BCUT2D eigenvalue weighted by Crippen LogP contribution is 2.46. The summed E-state index contributed by atoms with van der Waals surface area (Å²) >= 11 is 0. The van der Waals surface area contributed by atoms with Gasteiger partial charge in [0, 0.05) is 0 Å². The Kier molecular flexibility index (Phi) is 5.84. The normalized spacial score (nSPS) is 18.3.